The number of nitrogens with zero attached hydrogens (tertiary/aromatic N) is 1. The van der Waals surface area contributed by atoms with Gasteiger partial charge in [-0.15, -0.1) is 0 Å². The van der Waals surface area contributed by atoms with E-state index in [1.807, 2.05) is 20.8 Å². The Morgan fingerprint density at radius 2 is 1.82 bits per heavy atom. The summed E-state index contributed by atoms with van der Waals surface area (Å²) in [5.74, 6) is -1.23. The van der Waals surface area contributed by atoms with Crippen LogP contribution in [0.2, 0.25) is 0 Å². The third-order valence-electron chi connectivity index (χ3n) is 5.81. The predicted molar refractivity (Wildman–Crippen MR) is 121 cm³/mol. The summed E-state index contributed by atoms with van der Waals surface area (Å²) in [5.41, 5.74) is -1.34. The molecular formula is C23H38N4O6. The summed E-state index contributed by atoms with van der Waals surface area (Å²) in [4.78, 5) is 63.6. The van der Waals surface area contributed by atoms with Crippen molar-refractivity contribution in [1.82, 2.24) is 20.9 Å². The summed E-state index contributed by atoms with van der Waals surface area (Å²) in [7, 11) is 0. The molecule has 10 nitrogen and oxygen atoms in total. The molecule has 33 heavy (non-hydrogen) atoms. The highest BCUT2D eigenvalue weighted by atomic mass is 16.6. The molecule has 2 rings (SSSR count). The summed E-state index contributed by atoms with van der Waals surface area (Å²) >= 11 is 0. The van der Waals surface area contributed by atoms with Crippen molar-refractivity contribution < 1.29 is 28.7 Å². The molecule has 0 spiro atoms. The van der Waals surface area contributed by atoms with Gasteiger partial charge in [-0.25, -0.2) is 4.79 Å². The topological polar surface area (TPSA) is 134 Å². The Hall–Kier alpha value is -2.65. The minimum atomic E-state index is -0.898. The lowest BCUT2D eigenvalue weighted by molar-refractivity contribution is -0.142. The van der Waals surface area contributed by atoms with Gasteiger partial charge in [0, 0.05) is 19.0 Å². The average Bonchev–Trinajstić information content (AvgIpc) is 3.32. The summed E-state index contributed by atoms with van der Waals surface area (Å²) in [6.07, 6.45) is 1.86. The van der Waals surface area contributed by atoms with Crippen molar-refractivity contribution >= 4 is 30.1 Å². The Morgan fingerprint density at radius 3 is 2.33 bits per heavy atom. The maximum absolute atomic E-state index is 13.4. The van der Waals surface area contributed by atoms with Crippen LogP contribution in [0.3, 0.4) is 0 Å². The number of aldehydes is 1. The molecule has 0 bridgehead atoms. The first-order valence-corrected chi connectivity index (χ1v) is 11.6. The van der Waals surface area contributed by atoms with Crippen molar-refractivity contribution in [3.05, 3.63) is 0 Å². The third kappa shape index (κ3) is 7.43. The van der Waals surface area contributed by atoms with Crippen LogP contribution in [-0.2, 0) is 23.9 Å². The Morgan fingerprint density at radius 1 is 1.15 bits per heavy atom. The molecule has 2 aliphatic heterocycles. The largest absolute Gasteiger partial charge is 0.444 e. The van der Waals surface area contributed by atoms with Gasteiger partial charge in [0.15, 0.2) is 0 Å². The fourth-order valence-corrected chi connectivity index (χ4v) is 4.15. The number of hydrogen-bond acceptors (Lipinski definition) is 6. The number of nitrogens with one attached hydrogen (secondary N) is 3. The van der Waals surface area contributed by atoms with Gasteiger partial charge in [0.25, 0.3) is 0 Å². The van der Waals surface area contributed by atoms with Gasteiger partial charge in [-0.2, -0.15) is 0 Å². The highest BCUT2D eigenvalue weighted by Gasteiger charge is 2.43. The molecule has 10 heteroatoms. The summed E-state index contributed by atoms with van der Waals surface area (Å²) in [5, 5.41) is 8.09. The molecule has 0 aromatic rings. The molecule has 0 aromatic heterocycles. The Kier molecular flexibility index (Phi) is 8.48. The summed E-state index contributed by atoms with van der Waals surface area (Å²) in [6.45, 7) is 11.6. The van der Waals surface area contributed by atoms with Gasteiger partial charge in [0.05, 0.1) is 6.04 Å². The first-order chi connectivity index (χ1) is 15.2. The second kappa shape index (κ2) is 10.5. The number of ether oxygens (including phenoxy) is 1. The summed E-state index contributed by atoms with van der Waals surface area (Å²) < 4.78 is 5.32. The first-order valence-electron chi connectivity index (χ1n) is 11.6. The summed E-state index contributed by atoms with van der Waals surface area (Å²) in [6, 6.07) is -2.45. The van der Waals surface area contributed by atoms with E-state index in [4.69, 9.17) is 4.74 Å². The van der Waals surface area contributed by atoms with Gasteiger partial charge in [-0.3, -0.25) is 14.4 Å². The van der Waals surface area contributed by atoms with Gasteiger partial charge < -0.3 is 30.4 Å². The molecule has 0 saturated carbocycles. The van der Waals surface area contributed by atoms with Crippen LogP contribution in [0.1, 0.15) is 67.2 Å². The van der Waals surface area contributed by atoms with Crippen LogP contribution in [0.5, 0.6) is 0 Å². The lowest BCUT2D eigenvalue weighted by Gasteiger charge is -2.36. The molecular weight excluding hydrogens is 428 g/mol. The van der Waals surface area contributed by atoms with Gasteiger partial charge in [-0.1, -0.05) is 20.8 Å². The second-order valence-electron chi connectivity index (χ2n) is 10.9. The number of carbonyl (C=O) groups is 5. The van der Waals surface area contributed by atoms with Crippen LogP contribution < -0.4 is 16.0 Å². The second-order valence-corrected chi connectivity index (χ2v) is 10.9. The Labute approximate surface area is 195 Å². The standard InChI is InChI=1S/C23H38N4O6/c1-22(2,3)17(26-21(32)33-23(4,5)6)20(31)27-11-7-8-16(27)19(30)25-15(13-28)12-14-9-10-24-18(14)29/h13-17H,7-12H2,1-6H3,(H,24,29)(H,25,30)(H,26,32)/t14-,15-,16-,17+/m0/s1. The van der Waals surface area contributed by atoms with E-state index in [1.165, 1.54) is 4.90 Å². The maximum Gasteiger partial charge on any atom is 0.408 e. The molecule has 2 aliphatic rings. The van der Waals surface area contributed by atoms with E-state index in [-0.39, 0.29) is 24.2 Å². The van der Waals surface area contributed by atoms with Gasteiger partial charge in [0.1, 0.15) is 24.0 Å². The zero-order valence-electron chi connectivity index (χ0n) is 20.5. The Bertz CT molecular complexity index is 770. The lowest BCUT2D eigenvalue weighted by Crippen LogP contribution is -2.58. The van der Waals surface area contributed by atoms with Crippen molar-refractivity contribution in [2.45, 2.75) is 91.0 Å². The van der Waals surface area contributed by atoms with E-state index in [9.17, 15) is 24.0 Å². The van der Waals surface area contributed by atoms with Crippen LogP contribution in [0.15, 0.2) is 0 Å². The smallest absolute Gasteiger partial charge is 0.408 e. The minimum Gasteiger partial charge on any atom is -0.444 e. The monoisotopic (exact) mass is 466 g/mol. The van der Waals surface area contributed by atoms with Gasteiger partial charge >= 0.3 is 6.09 Å². The van der Waals surface area contributed by atoms with E-state index in [0.717, 1.165) is 0 Å². The van der Waals surface area contributed by atoms with Crippen LogP contribution >= 0.6 is 0 Å². The molecule has 2 fully saturated rings. The van der Waals surface area contributed by atoms with Crippen LogP contribution in [0.4, 0.5) is 4.79 Å². The average molecular weight is 467 g/mol. The van der Waals surface area contributed by atoms with Gasteiger partial charge in [0.2, 0.25) is 17.7 Å². The number of alkyl carbamates (subject to hydrolysis) is 1. The van der Waals surface area contributed by atoms with E-state index < -0.39 is 41.1 Å². The Balaban J connectivity index is 2.09. The zero-order valence-corrected chi connectivity index (χ0v) is 20.5. The minimum absolute atomic E-state index is 0.116. The number of likely N-dealkylation sites (tertiary alicyclic amines) is 1. The number of carbonyl (C=O) groups excluding carboxylic acids is 5. The van der Waals surface area contributed by atoms with Crippen molar-refractivity contribution in [2.75, 3.05) is 13.1 Å². The maximum atomic E-state index is 13.4. The van der Waals surface area contributed by atoms with E-state index in [1.54, 1.807) is 20.8 Å². The van der Waals surface area contributed by atoms with Crippen molar-refractivity contribution in [1.29, 1.82) is 0 Å². The third-order valence-corrected chi connectivity index (χ3v) is 5.81. The molecule has 4 atom stereocenters. The number of hydrogen-bond donors (Lipinski definition) is 3. The van der Waals surface area contributed by atoms with Gasteiger partial charge in [-0.05, 0) is 51.9 Å². The van der Waals surface area contributed by atoms with Crippen molar-refractivity contribution in [3.63, 3.8) is 0 Å². The highest BCUT2D eigenvalue weighted by Crippen LogP contribution is 2.26. The fourth-order valence-electron chi connectivity index (χ4n) is 4.15. The first kappa shape index (κ1) is 26.6. The highest BCUT2D eigenvalue weighted by molar-refractivity contribution is 5.93. The normalized spacial score (nSPS) is 22.8. The molecule has 3 N–H and O–H groups in total. The SMILES string of the molecule is CC(C)(C)OC(=O)N[C@H](C(=O)N1CCC[C@H]1C(=O)N[C@H](C=O)C[C@@H]1CCNC1=O)C(C)(C)C. The quantitative estimate of drug-likeness (QED) is 0.482. The molecule has 4 amide bonds. The molecule has 2 saturated heterocycles. The van der Waals surface area contributed by atoms with E-state index >= 15 is 0 Å². The zero-order chi connectivity index (χ0) is 25.0. The lowest BCUT2D eigenvalue weighted by atomic mass is 9.85. The van der Waals surface area contributed by atoms with E-state index in [0.29, 0.717) is 38.6 Å². The van der Waals surface area contributed by atoms with Crippen molar-refractivity contribution in [2.24, 2.45) is 11.3 Å². The molecule has 0 aliphatic carbocycles. The molecule has 186 valence electrons. The van der Waals surface area contributed by atoms with Crippen LogP contribution in [0.25, 0.3) is 0 Å². The van der Waals surface area contributed by atoms with Crippen LogP contribution in [0, 0.1) is 11.3 Å². The predicted octanol–water partition coefficient (Wildman–Crippen LogP) is 1.13. The molecule has 0 radical (unpaired) electrons. The number of amides is 4. The molecule has 0 aromatic carbocycles. The van der Waals surface area contributed by atoms with Crippen molar-refractivity contribution in [3.8, 4) is 0 Å². The fraction of sp³-hybridized carbons (Fsp3) is 0.783. The molecule has 0 unspecified atom stereocenters. The van der Waals surface area contributed by atoms with Crippen LogP contribution in [-0.4, -0.2) is 71.8 Å². The number of rotatable bonds is 7. The van der Waals surface area contributed by atoms with E-state index in [2.05, 4.69) is 16.0 Å². The molecule has 2 heterocycles.